The number of carbonyl (C=O) groups is 1. The minimum atomic E-state index is -0.0566. The van der Waals surface area contributed by atoms with Gasteiger partial charge in [0.25, 0.3) is 0 Å². The van der Waals surface area contributed by atoms with Crippen molar-refractivity contribution in [1.29, 1.82) is 0 Å². The quantitative estimate of drug-likeness (QED) is 0.810. The molecule has 118 valence electrons. The largest absolute Gasteiger partial charge is 0.507 e. The lowest BCUT2D eigenvalue weighted by Gasteiger charge is -2.28. The maximum Gasteiger partial charge on any atom is 0.234 e. The van der Waals surface area contributed by atoms with Crippen LogP contribution in [0.4, 0.5) is 0 Å². The second-order valence-electron chi connectivity index (χ2n) is 5.39. The molecular formula is C16H26N2O3. The van der Waals surface area contributed by atoms with Crippen LogP contribution in [-0.4, -0.2) is 42.2 Å². The van der Waals surface area contributed by atoms with Crippen molar-refractivity contribution in [1.82, 2.24) is 10.2 Å². The number of nitrogens with one attached hydrogen (secondary N) is 1. The summed E-state index contributed by atoms with van der Waals surface area (Å²) in [5.41, 5.74) is 0.787. The molecule has 1 rings (SSSR count). The second kappa shape index (κ2) is 7.88. The van der Waals surface area contributed by atoms with E-state index in [2.05, 4.69) is 5.32 Å². The Kier molecular flexibility index (Phi) is 6.49. The lowest BCUT2D eigenvalue weighted by Crippen LogP contribution is -2.41. The van der Waals surface area contributed by atoms with E-state index in [0.29, 0.717) is 12.3 Å². The number of amides is 1. The summed E-state index contributed by atoms with van der Waals surface area (Å²) >= 11 is 0. The molecule has 1 aromatic carbocycles. The monoisotopic (exact) mass is 294 g/mol. The molecular weight excluding hydrogens is 268 g/mol. The van der Waals surface area contributed by atoms with Crippen LogP contribution in [0.15, 0.2) is 18.2 Å². The lowest BCUT2D eigenvalue weighted by molar-refractivity contribution is -0.123. The van der Waals surface area contributed by atoms with E-state index in [-0.39, 0.29) is 23.7 Å². The first-order valence-electron chi connectivity index (χ1n) is 7.29. The first-order valence-corrected chi connectivity index (χ1v) is 7.29. The number of hydrogen-bond donors (Lipinski definition) is 2. The molecule has 0 bridgehead atoms. The van der Waals surface area contributed by atoms with Gasteiger partial charge in [-0.05, 0) is 33.4 Å². The van der Waals surface area contributed by atoms with Crippen LogP contribution in [0.1, 0.15) is 39.3 Å². The summed E-state index contributed by atoms with van der Waals surface area (Å²) in [5, 5.41) is 13.0. The number of methoxy groups -OCH3 is 1. The minimum absolute atomic E-state index is 0.00768. The lowest BCUT2D eigenvalue weighted by atomic mass is 10.1. The van der Waals surface area contributed by atoms with Gasteiger partial charge in [-0.15, -0.1) is 0 Å². The summed E-state index contributed by atoms with van der Waals surface area (Å²) < 4.78 is 5.09. The number of aromatic hydroxyl groups is 1. The Labute approximate surface area is 126 Å². The highest BCUT2D eigenvalue weighted by Crippen LogP contribution is 2.31. The van der Waals surface area contributed by atoms with E-state index in [0.717, 1.165) is 12.1 Å². The Morgan fingerprint density at radius 3 is 2.52 bits per heavy atom. The molecule has 0 aliphatic heterocycles. The molecule has 1 atom stereocenters. The first kappa shape index (κ1) is 17.3. The van der Waals surface area contributed by atoms with Crippen molar-refractivity contribution in [3.05, 3.63) is 23.8 Å². The molecule has 5 nitrogen and oxygen atoms in total. The maximum absolute atomic E-state index is 11.9. The average Bonchev–Trinajstić information content (AvgIpc) is 2.43. The normalized spacial score (nSPS) is 12.5. The number of hydrogen-bond acceptors (Lipinski definition) is 4. The number of carbonyl (C=O) groups excluding carboxylic acids is 1. The molecule has 1 amide bonds. The number of rotatable bonds is 7. The van der Waals surface area contributed by atoms with E-state index < -0.39 is 0 Å². The van der Waals surface area contributed by atoms with Gasteiger partial charge in [0.2, 0.25) is 5.91 Å². The zero-order valence-electron chi connectivity index (χ0n) is 13.5. The first-order chi connectivity index (χ1) is 9.88. The van der Waals surface area contributed by atoms with Gasteiger partial charge in [-0.3, -0.25) is 9.69 Å². The standard InChI is InChI=1S/C16H26N2O3/c1-6-18(10-16(20)17-11(2)3)12(4)14-8-7-13(21-5)9-15(14)19/h7-9,11-12,19H,6,10H2,1-5H3,(H,17,20). The molecule has 0 fully saturated rings. The molecule has 0 saturated carbocycles. The molecule has 0 aliphatic rings. The summed E-state index contributed by atoms with van der Waals surface area (Å²) in [6.45, 7) is 8.88. The van der Waals surface area contributed by atoms with Crippen molar-refractivity contribution in [2.45, 2.75) is 39.8 Å². The summed E-state index contributed by atoms with van der Waals surface area (Å²) in [7, 11) is 1.56. The summed E-state index contributed by atoms with van der Waals surface area (Å²) in [6, 6.07) is 5.31. The number of phenolic OH excluding ortho intramolecular Hbond substituents is 1. The predicted octanol–water partition coefficient (Wildman–Crippen LogP) is 2.31. The summed E-state index contributed by atoms with van der Waals surface area (Å²) in [4.78, 5) is 13.9. The number of nitrogens with zero attached hydrogens (tertiary/aromatic N) is 1. The molecule has 1 unspecified atom stereocenters. The third-order valence-corrected chi connectivity index (χ3v) is 3.44. The van der Waals surface area contributed by atoms with E-state index in [4.69, 9.17) is 4.74 Å². The van der Waals surface area contributed by atoms with Crippen LogP contribution in [0.25, 0.3) is 0 Å². The topological polar surface area (TPSA) is 61.8 Å². The Morgan fingerprint density at radius 2 is 2.05 bits per heavy atom. The van der Waals surface area contributed by atoms with Gasteiger partial charge in [-0.25, -0.2) is 0 Å². The van der Waals surface area contributed by atoms with Crippen LogP contribution in [-0.2, 0) is 4.79 Å². The third-order valence-electron chi connectivity index (χ3n) is 3.44. The highest BCUT2D eigenvalue weighted by atomic mass is 16.5. The molecule has 5 heteroatoms. The second-order valence-corrected chi connectivity index (χ2v) is 5.39. The third kappa shape index (κ3) is 4.93. The van der Waals surface area contributed by atoms with Crippen molar-refractivity contribution in [2.24, 2.45) is 0 Å². The van der Waals surface area contributed by atoms with Crippen molar-refractivity contribution >= 4 is 5.91 Å². The molecule has 0 aliphatic carbocycles. The molecule has 0 aromatic heterocycles. The molecule has 0 saturated heterocycles. The molecule has 0 radical (unpaired) electrons. The van der Waals surface area contributed by atoms with Crippen molar-refractivity contribution < 1.29 is 14.6 Å². The van der Waals surface area contributed by atoms with E-state index in [1.807, 2.05) is 44.7 Å². The van der Waals surface area contributed by atoms with Crippen LogP contribution in [0.5, 0.6) is 11.5 Å². The smallest absolute Gasteiger partial charge is 0.234 e. The summed E-state index contributed by atoms with van der Waals surface area (Å²) in [6.07, 6.45) is 0. The fourth-order valence-electron chi connectivity index (χ4n) is 2.28. The zero-order valence-corrected chi connectivity index (χ0v) is 13.5. The zero-order chi connectivity index (χ0) is 16.0. The highest BCUT2D eigenvalue weighted by molar-refractivity contribution is 5.78. The number of phenols is 1. The summed E-state index contributed by atoms with van der Waals surface area (Å²) in [5.74, 6) is 0.792. The van der Waals surface area contributed by atoms with E-state index in [9.17, 15) is 9.90 Å². The predicted molar refractivity (Wildman–Crippen MR) is 83.6 cm³/mol. The van der Waals surface area contributed by atoms with Gasteiger partial charge in [-0.1, -0.05) is 13.0 Å². The fourth-order valence-corrected chi connectivity index (χ4v) is 2.28. The van der Waals surface area contributed by atoms with Gasteiger partial charge in [0, 0.05) is 23.7 Å². The van der Waals surface area contributed by atoms with Gasteiger partial charge < -0.3 is 15.2 Å². The Morgan fingerprint density at radius 1 is 1.38 bits per heavy atom. The maximum atomic E-state index is 11.9. The number of benzene rings is 1. The molecule has 1 aromatic rings. The van der Waals surface area contributed by atoms with Gasteiger partial charge in [0.15, 0.2) is 0 Å². The number of ether oxygens (including phenoxy) is 1. The molecule has 2 N–H and O–H groups in total. The van der Waals surface area contributed by atoms with E-state index >= 15 is 0 Å². The van der Waals surface area contributed by atoms with Crippen molar-refractivity contribution in [3.63, 3.8) is 0 Å². The Hall–Kier alpha value is -1.75. The van der Waals surface area contributed by atoms with Crippen LogP contribution < -0.4 is 10.1 Å². The minimum Gasteiger partial charge on any atom is -0.507 e. The van der Waals surface area contributed by atoms with E-state index in [1.54, 1.807) is 13.2 Å². The molecule has 21 heavy (non-hydrogen) atoms. The molecule has 0 spiro atoms. The van der Waals surface area contributed by atoms with Gasteiger partial charge in [0.05, 0.1) is 13.7 Å². The van der Waals surface area contributed by atoms with Gasteiger partial charge >= 0.3 is 0 Å². The fraction of sp³-hybridized carbons (Fsp3) is 0.562. The van der Waals surface area contributed by atoms with Crippen LogP contribution in [0.3, 0.4) is 0 Å². The van der Waals surface area contributed by atoms with Crippen LogP contribution in [0.2, 0.25) is 0 Å². The Balaban J connectivity index is 2.83. The highest BCUT2D eigenvalue weighted by Gasteiger charge is 2.20. The number of likely N-dealkylation sites (N-methyl/N-ethyl adjacent to an activating group) is 1. The van der Waals surface area contributed by atoms with Crippen LogP contribution >= 0.6 is 0 Å². The van der Waals surface area contributed by atoms with E-state index in [1.165, 1.54) is 0 Å². The Bertz CT molecular complexity index is 475. The van der Waals surface area contributed by atoms with Crippen molar-refractivity contribution in [3.8, 4) is 11.5 Å². The van der Waals surface area contributed by atoms with Gasteiger partial charge in [0.1, 0.15) is 11.5 Å². The average molecular weight is 294 g/mol. The SMILES string of the molecule is CCN(CC(=O)NC(C)C)C(C)c1ccc(OC)cc1O. The van der Waals surface area contributed by atoms with Crippen molar-refractivity contribution in [2.75, 3.05) is 20.2 Å². The van der Waals surface area contributed by atoms with Gasteiger partial charge in [-0.2, -0.15) is 0 Å². The molecule has 0 heterocycles. The van der Waals surface area contributed by atoms with Crippen LogP contribution in [0, 0.1) is 0 Å².